The lowest BCUT2D eigenvalue weighted by molar-refractivity contribution is -0.145. The van der Waals surface area contributed by atoms with Crippen LogP contribution in [0.3, 0.4) is 0 Å². The van der Waals surface area contributed by atoms with E-state index in [1.165, 1.54) is 6.92 Å². The van der Waals surface area contributed by atoms with E-state index in [2.05, 4.69) is 0 Å². The lowest BCUT2D eigenvalue weighted by atomic mass is 9.89. The molecule has 2 fully saturated rings. The summed E-state index contributed by atoms with van der Waals surface area (Å²) in [5.74, 6) is -1.05. The van der Waals surface area contributed by atoms with Crippen molar-refractivity contribution in [2.45, 2.75) is 51.1 Å². The van der Waals surface area contributed by atoms with E-state index < -0.39 is 11.5 Å². The van der Waals surface area contributed by atoms with Gasteiger partial charge >= 0.3 is 5.97 Å². The molecule has 0 spiro atoms. The highest BCUT2D eigenvalue weighted by molar-refractivity contribution is 5.82. The standard InChI is InChI=1S/C15H24N2O5/c1-10(19)16-6-5-12-11(8-16)7-15(2,9-18)17(12)13(20)3-4-14(21)22/h11-12,18H,3-9H2,1-2H3,(H,21,22)/t11-,12-,15+/m0/s1. The average molecular weight is 312 g/mol. The number of carboxylic acid groups (broad SMARTS) is 1. The fraction of sp³-hybridized carbons (Fsp3) is 0.800. The van der Waals surface area contributed by atoms with Gasteiger partial charge in [0.25, 0.3) is 0 Å². The molecule has 2 N–H and O–H groups in total. The molecule has 2 aliphatic heterocycles. The molecule has 2 aliphatic rings. The maximum absolute atomic E-state index is 12.5. The van der Waals surface area contributed by atoms with Gasteiger partial charge in [0.2, 0.25) is 11.8 Å². The maximum atomic E-state index is 12.5. The Morgan fingerprint density at radius 2 is 1.95 bits per heavy atom. The second kappa shape index (κ2) is 6.24. The molecule has 2 rings (SSSR count). The van der Waals surface area contributed by atoms with Crippen molar-refractivity contribution in [1.29, 1.82) is 0 Å². The second-order valence-corrected chi connectivity index (χ2v) is 6.60. The molecule has 0 aromatic carbocycles. The number of amides is 2. The van der Waals surface area contributed by atoms with Crippen LogP contribution in [-0.4, -0.2) is 69.1 Å². The van der Waals surface area contributed by atoms with Gasteiger partial charge in [0, 0.05) is 32.5 Å². The number of carboxylic acids is 1. The Hall–Kier alpha value is -1.63. The minimum Gasteiger partial charge on any atom is -0.481 e. The zero-order chi connectivity index (χ0) is 16.5. The molecule has 0 radical (unpaired) electrons. The summed E-state index contributed by atoms with van der Waals surface area (Å²) in [6.45, 7) is 4.41. The third-order valence-electron chi connectivity index (χ3n) is 4.92. The van der Waals surface area contributed by atoms with E-state index in [0.29, 0.717) is 25.9 Å². The second-order valence-electron chi connectivity index (χ2n) is 6.60. The van der Waals surface area contributed by atoms with E-state index in [-0.39, 0.29) is 43.2 Å². The molecule has 7 heteroatoms. The summed E-state index contributed by atoms with van der Waals surface area (Å²) in [6.07, 6.45) is 1.06. The number of hydrogen-bond acceptors (Lipinski definition) is 4. The van der Waals surface area contributed by atoms with Gasteiger partial charge in [-0.25, -0.2) is 0 Å². The first kappa shape index (κ1) is 16.7. The first-order valence-corrected chi connectivity index (χ1v) is 7.69. The van der Waals surface area contributed by atoms with E-state index in [9.17, 15) is 19.5 Å². The zero-order valence-corrected chi connectivity index (χ0v) is 13.1. The molecule has 2 saturated heterocycles. The van der Waals surface area contributed by atoms with E-state index in [1.807, 2.05) is 6.92 Å². The largest absolute Gasteiger partial charge is 0.481 e. The van der Waals surface area contributed by atoms with E-state index in [4.69, 9.17) is 5.11 Å². The van der Waals surface area contributed by atoms with Crippen LogP contribution in [0.5, 0.6) is 0 Å². The minimum atomic E-state index is -0.999. The van der Waals surface area contributed by atoms with Gasteiger partial charge in [0.1, 0.15) is 0 Å². The fourth-order valence-electron chi connectivity index (χ4n) is 3.87. The highest BCUT2D eigenvalue weighted by Gasteiger charge is 2.52. The quantitative estimate of drug-likeness (QED) is 0.765. The summed E-state index contributed by atoms with van der Waals surface area (Å²) in [6, 6.07) is -0.0194. The van der Waals surface area contributed by atoms with Gasteiger partial charge in [0.15, 0.2) is 0 Å². The molecule has 0 aromatic heterocycles. The van der Waals surface area contributed by atoms with Gasteiger partial charge in [-0.2, -0.15) is 0 Å². The fourth-order valence-corrected chi connectivity index (χ4v) is 3.87. The van der Waals surface area contributed by atoms with Gasteiger partial charge in [-0.3, -0.25) is 14.4 Å². The Morgan fingerprint density at radius 1 is 1.27 bits per heavy atom. The van der Waals surface area contributed by atoms with Crippen LogP contribution in [0.2, 0.25) is 0 Å². The summed E-state index contributed by atoms with van der Waals surface area (Å²) in [5.41, 5.74) is -0.669. The van der Waals surface area contributed by atoms with Crippen LogP contribution in [-0.2, 0) is 14.4 Å². The lowest BCUT2D eigenvalue weighted by Crippen LogP contribution is -2.54. The molecule has 3 atom stereocenters. The summed E-state index contributed by atoms with van der Waals surface area (Å²) in [7, 11) is 0. The number of aliphatic hydroxyl groups is 1. The highest BCUT2D eigenvalue weighted by atomic mass is 16.4. The summed E-state index contributed by atoms with van der Waals surface area (Å²) in [5, 5.41) is 18.5. The third-order valence-corrected chi connectivity index (χ3v) is 4.92. The first-order valence-electron chi connectivity index (χ1n) is 7.69. The van der Waals surface area contributed by atoms with Gasteiger partial charge in [-0.15, -0.1) is 0 Å². The van der Waals surface area contributed by atoms with Gasteiger partial charge in [0.05, 0.1) is 18.6 Å². The molecule has 0 unspecified atom stereocenters. The van der Waals surface area contributed by atoms with Crippen molar-refractivity contribution in [2.75, 3.05) is 19.7 Å². The van der Waals surface area contributed by atoms with Crippen molar-refractivity contribution in [2.24, 2.45) is 5.92 Å². The number of aliphatic hydroxyl groups excluding tert-OH is 1. The van der Waals surface area contributed by atoms with Gasteiger partial charge in [-0.1, -0.05) is 0 Å². The number of nitrogens with zero attached hydrogens (tertiary/aromatic N) is 2. The van der Waals surface area contributed by atoms with Gasteiger partial charge in [-0.05, 0) is 25.7 Å². The summed E-state index contributed by atoms with van der Waals surface area (Å²) >= 11 is 0. The van der Waals surface area contributed by atoms with E-state index >= 15 is 0 Å². The summed E-state index contributed by atoms with van der Waals surface area (Å²) < 4.78 is 0. The van der Waals surface area contributed by atoms with Crippen molar-refractivity contribution < 1.29 is 24.6 Å². The number of likely N-dealkylation sites (tertiary alicyclic amines) is 2. The number of aliphatic carboxylic acids is 1. The molecule has 0 saturated carbocycles. The van der Waals surface area contributed by atoms with Crippen molar-refractivity contribution in [1.82, 2.24) is 9.80 Å². The molecule has 7 nitrogen and oxygen atoms in total. The Labute approximate surface area is 129 Å². The molecular formula is C15H24N2O5. The Bertz CT molecular complexity index is 481. The smallest absolute Gasteiger partial charge is 0.303 e. The topological polar surface area (TPSA) is 98.2 Å². The Balaban J connectivity index is 2.15. The third kappa shape index (κ3) is 3.09. The van der Waals surface area contributed by atoms with E-state index in [1.54, 1.807) is 9.80 Å². The van der Waals surface area contributed by atoms with Crippen LogP contribution < -0.4 is 0 Å². The monoisotopic (exact) mass is 312 g/mol. The molecule has 2 heterocycles. The molecule has 0 bridgehead atoms. The van der Waals surface area contributed by atoms with Crippen LogP contribution >= 0.6 is 0 Å². The van der Waals surface area contributed by atoms with Crippen molar-refractivity contribution in [3.05, 3.63) is 0 Å². The zero-order valence-electron chi connectivity index (χ0n) is 13.1. The highest BCUT2D eigenvalue weighted by Crippen LogP contribution is 2.42. The minimum absolute atomic E-state index is 0.0194. The number of hydrogen-bond donors (Lipinski definition) is 2. The average Bonchev–Trinajstić information content (AvgIpc) is 2.76. The van der Waals surface area contributed by atoms with E-state index in [0.717, 1.165) is 0 Å². The van der Waals surface area contributed by atoms with Crippen LogP contribution in [0.4, 0.5) is 0 Å². The first-order chi connectivity index (χ1) is 10.3. The molecule has 0 aliphatic carbocycles. The van der Waals surface area contributed by atoms with Crippen LogP contribution in [0.25, 0.3) is 0 Å². The number of carbonyl (C=O) groups excluding carboxylic acids is 2. The van der Waals surface area contributed by atoms with Crippen molar-refractivity contribution in [3.8, 4) is 0 Å². The Kier molecular flexibility index (Phi) is 4.75. The maximum Gasteiger partial charge on any atom is 0.303 e. The number of rotatable bonds is 4. The SMILES string of the molecule is CC(=O)N1CC[C@H]2[C@H](C1)C[C@](C)(CO)N2C(=O)CCC(=O)O. The van der Waals surface area contributed by atoms with Crippen LogP contribution in [0.1, 0.15) is 39.5 Å². The predicted octanol–water partition coefficient (Wildman–Crippen LogP) is 0.0715. The molecule has 22 heavy (non-hydrogen) atoms. The molecule has 2 amide bonds. The van der Waals surface area contributed by atoms with Crippen LogP contribution in [0, 0.1) is 5.92 Å². The number of carbonyl (C=O) groups is 3. The summed E-state index contributed by atoms with van der Waals surface area (Å²) in [4.78, 5) is 38.2. The molecule has 124 valence electrons. The lowest BCUT2D eigenvalue weighted by Gasteiger charge is -2.40. The Morgan fingerprint density at radius 3 is 2.50 bits per heavy atom. The molecule has 0 aromatic rings. The van der Waals surface area contributed by atoms with Gasteiger partial charge < -0.3 is 20.0 Å². The number of piperidine rings is 1. The predicted molar refractivity (Wildman–Crippen MR) is 78.0 cm³/mol. The van der Waals surface area contributed by atoms with Crippen molar-refractivity contribution >= 4 is 17.8 Å². The van der Waals surface area contributed by atoms with Crippen LogP contribution in [0.15, 0.2) is 0 Å². The van der Waals surface area contributed by atoms with Crippen molar-refractivity contribution in [3.63, 3.8) is 0 Å². The molecular weight excluding hydrogens is 288 g/mol. The number of fused-ring (bicyclic) bond motifs is 1. The normalized spacial score (nSPS) is 31.0.